The van der Waals surface area contributed by atoms with Gasteiger partial charge in [0.05, 0.1) is 24.3 Å². The molecule has 2 saturated heterocycles. The van der Waals surface area contributed by atoms with Gasteiger partial charge in [0.15, 0.2) is 0 Å². The fraction of sp³-hybridized carbons (Fsp3) is 0.750. The first-order valence-electron chi connectivity index (χ1n) is 12.0. The van der Waals surface area contributed by atoms with Crippen molar-refractivity contribution in [3.05, 3.63) is 35.9 Å². The Balaban J connectivity index is 1.53. The zero-order valence-electron chi connectivity index (χ0n) is 20.2. The maximum Gasteiger partial charge on any atom is 0.249 e. The van der Waals surface area contributed by atoms with Gasteiger partial charge in [-0.1, -0.05) is 37.3 Å². The monoisotopic (exact) mass is 481 g/mol. The van der Waals surface area contributed by atoms with Crippen molar-refractivity contribution < 1.29 is 34.6 Å². The van der Waals surface area contributed by atoms with Gasteiger partial charge in [0, 0.05) is 19.5 Å². The maximum absolute atomic E-state index is 11.7. The second kappa shape index (κ2) is 10.1. The van der Waals surface area contributed by atoms with Crippen LogP contribution in [0.4, 0.5) is 0 Å². The van der Waals surface area contributed by atoms with E-state index in [1.54, 1.807) is 21.0 Å². The summed E-state index contributed by atoms with van der Waals surface area (Å²) in [6.45, 7) is 4.50. The third-order valence-electron chi connectivity index (χ3n) is 7.59. The smallest absolute Gasteiger partial charge is 0.249 e. The van der Waals surface area contributed by atoms with Crippen LogP contribution in [0.3, 0.4) is 0 Å². The molecule has 192 valence electrons. The van der Waals surface area contributed by atoms with Crippen LogP contribution in [0.1, 0.15) is 31.7 Å². The molecule has 1 saturated carbocycles. The van der Waals surface area contributed by atoms with Crippen LogP contribution < -0.4 is 16.0 Å². The number of hydrogen-bond donors (Lipinski definition) is 7. The van der Waals surface area contributed by atoms with E-state index in [1.165, 1.54) is 5.56 Å². The highest BCUT2D eigenvalue weighted by molar-refractivity contribution is 5.19. The Morgan fingerprint density at radius 1 is 1.00 bits per heavy atom. The number of ether oxygens (including phenoxy) is 3. The maximum atomic E-state index is 11.7. The summed E-state index contributed by atoms with van der Waals surface area (Å²) in [7, 11) is 3.30. The summed E-state index contributed by atoms with van der Waals surface area (Å²) in [6, 6.07) is 8.71. The molecule has 11 unspecified atom stereocenters. The number of hydrogen-bond acceptors (Lipinski definition) is 10. The summed E-state index contributed by atoms with van der Waals surface area (Å²) >= 11 is 0. The van der Waals surface area contributed by atoms with Gasteiger partial charge >= 0.3 is 0 Å². The molecule has 10 heteroatoms. The highest BCUT2D eigenvalue weighted by atomic mass is 16.8. The molecule has 10 nitrogen and oxygen atoms in total. The van der Waals surface area contributed by atoms with Gasteiger partial charge in [-0.2, -0.15) is 0 Å². The lowest BCUT2D eigenvalue weighted by atomic mass is 9.77. The molecule has 1 aliphatic carbocycles. The summed E-state index contributed by atoms with van der Waals surface area (Å²) in [5.41, 5.74) is -0.565. The third kappa shape index (κ3) is 4.41. The highest BCUT2D eigenvalue weighted by Gasteiger charge is 2.68. The number of likely N-dealkylation sites (N-methyl/N-ethyl adjacent to an activating group) is 2. The molecule has 0 bridgehead atoms. The van der Waals surface area contributed by atoms with Crippen LogP contribution >= 0.6 is 0 Å². The molecule has 1 aromatic rings. The molecule has 2 heterocycles. The van der Waals surface area contributed by atoms with Gasteiger partial charge in [-0.25, -0.2) is 0 Å². The Morgan fingerprint density at radius 2 is 1.68 bits per heavy atom. The van der Waals surface area contributed by atoms with E-state index in [1.807, 2.05) is 18.2 Å². The number of aliphatic hydroxyl groups excluding tert-OH is 2. The van der Waals surface area contributed by atoms with E-state index in [2.05, 4.69) is 35.0 Å². The van der Waals surface area contributed by atoms with Crippen molar-refractivity contribution in [2.45, 2.75) is 86.5 Å². The van der Waals surface area contributed by atoms with Crippen LogP contribution in [0, 0.1) is 0 Å². The van der Waals surface area contributed by atoms with Gasteiger partial charge in [-0.05, 0) is 32.5 Å². The fourth-order valence-electron chi connectivity index (χ4n) is 5.62. The lowest BCUT2D eigenvalue weighted by Gasteiger charge is -2.60. The highest BCUT2D eigenvalue weighted by Crippen LogP contribution is 2.46. The van der Waals surface area contributed by atoms with Crippen LogP contribution in [-0.4, -0.2) is 108 Å². The van der Waals surface area contributed by atoms with Crippen molar-refractivity contribution in [2.75, 3.05) is 27.2 Å². The quantitative estimate of drug-likeness (QED) is 0.249. The van der Waals surface area contributed by atoms with Crippen LogP contribution in [0.2, 0.25) is 0 Å². The SMILES string of the molecule is CNC1C(O)C(NC)C2OC3(O)C(OC(C)CC3(O)CNCC(C)c3ccccc3)OC2C1O. The van der Waals surface area contributed by atoms with Gasteiger partial charge < -0.3 is 50.6 Å². The van der Waals surface area contributed by atoms with Crippen molar-refractivity contribution in [3.63, 3.8) is 0 Å². The van der Waals surface area contributed by atoms with Gasteiger partial charge in [0.25, 0.3) is 0 Å². The van der Waals surface area contributed by atoms with Crippen molar-refractivity contribution >= 4 is 0 Å². The van der Waals surface area contributed by atoms with Crippen molar-refractivity contribution in [2.24, 2.45) is 0 Å². The van der Waals surface area contributed by atoms with Crippen molar-refractivity contribution in [1.82, 2.24) is 16.0 Å². The summed E-state index contributed by atoms with van der Waals surface area (Å²) < 4.78 is 18.0. The van der Waals surface area contributed by atoms with Crippen molar-refractivity contribution in [3.8, 4) is 0 Å². The molecule has 34 heavy (non-hydrogen) atoms. The summed E-state index contributed by atoms with van der Waals surface area (Å²) in [4.78, 5) is 0. The van der Waals surface area contributed by atoms with E-state index in [9.17, 15) is 20.4 Å². The first-order valence-corrected chi connectivity index (χ1v) is 12.0. The summed E-state index contributed by atoms with van der Waals surface area (Å²) in [5, 5.41) is 54.3. The van der Waals surface area contributed by atoms with Gasteiger partial charge in [-0.15, -0.1) is 0 Å². The van der Waals surface area contributed by atoms with Crippen LogP contribution in [0.25, 0.3) is 0 Å². The van der Waals surface area contributed by atoms with Gasteiger partial charge in [0.1, 0.15) is 23.9 Å². The van der Waals surface area contributed by atoms with Crippen molar-refractivity contribution in [1.29, 1.82) is 0 Å². The number of benzene rings is 1. The summed E-state index contributed by atoms with van der Waals surface area (Å²) in [5.74, 6) is -2.01. The van der Waals surface area contributed by atoms with Gasteiger partial charge in [0.2, 0.25) is 12.1 Å². The average Bonchev–Trinajstić information content (AvgIpc) is 2.80. The molecule has 0 aromatic heterocycles. The lowest BCUT2D eigenvalue weighted by Crippen LogP contribution is -2.81. The Kier molecular flexibility index (Phi) is 7.66. The molecule has 3 fully saturated rings. The molecule has 11 atom stereocenters. The topological polar surface area (TPSA) is 145 Å². The number of aliphatic hydroxyl groups is 4. The molecule has 3 aliphatic rings. The molecule has 0 spiro atoms. The molecule has 1 aromatic carbocycles. The Bertz CT molecular complexity index is 819. The predicted octanol–water partition coefficient (Wildman–Crippen LogP) is -1.37. The molecule has 4 rings (SSSR count). The zero-order chi connectivity index (χ0) is 24.7. The molecular formula is C24H39N3O7. The van der Waals surface area contributed by atoms with Crippen LogP contribution in [-0.2, 0) is 14.2 Å². The number of nitrogens with one attached hydrogen (secondary N) is 3. The number of fused-ring (bicyclic) bond motifs is 2. The van der Waals surface area contributed by atoms with E-state index >= 15 is 0 Å². The molecule has 2 aliphatic heterocycles. The van der Waals surface area contributed by atoms with E-state index in [0.29, 0.717) is 6.54 Å². The minimum atomic E-state index is -2.20. The fourth-order valence-corrected chi connectivity index (χ4v) is 5.62. The summed E-state index contributed by atoms with van der Waals surface area (Å²) in [6.07, 6.45) is -5.56. The molecule has 0 radical (unpaired) electrons. The largest absolute Gasteiger partial charge is 0.390 e. The normalized spacial score (nSPS) is 45.3. The first kappa shape index (κ1) is 25.9. The van der Waals surface area contributed by atoms with Crippen LogP contribution in [0.5, 0.6) is 0 Å². The predicted molar refractivity (Wildman–Crippen MR) is 124 cm³/mol. The lowest BCUT2D eigenvalue weighted by molar-refractivity contribution is -0.482. The van der Waals surface area contributed by atoms with E-state index < -0.39 is 60.3 Å². The van der Waals surface area contributed by atoms with Gasteiger partial charge in [-0.3, -0.25) is 0 Å². The Hall–Kier alpha value is -1.18. The minimum absolute atomic E-state index is 0.0418. The average molecular weight is 482 g/mol. The van der Waals surface area contributed by atoms with E-state index in [-0.39, 0.29) is 18.9 Å². The second-order valence-electron chi connectivity index (χ2n) is 9.95. The van der Waals surface area contributed by atoms with E-state index in [4.69, 9.17) is 14.2 Å². The zero-order valence-corrected chi connectivity index (χ0v) is 20.2. The van der Waals surface area contributed by atoms with E-state index in [0.717, 1.165) is 0 Å². The minimum Gasteiger partial charge on any atom is -0.390 e. The Morgan fingerprint density at radius 3 is 2.32 bits per heavy atom. The first-order chi connectivity index (χ1) is 16.1. The van der Waals surface area contributed by atoms with Crippen LogP contribution in [0.15, 0.2) is 30.3 Å². The molecule has 0 amide bonds. The number of rotatable bonds is 7. The third-order valence-corrected chi connectivity index (χ3v) is 7.59. The second-order valence-corrected chi connectivity index (χ2v) is 9.95. The molecule has 7 N–H and O–H groups in total. The Labute approximate surface area is 200 Å². The standard InChI is InChI=1S/C24H39N3O7/c1-13(15-8-6-5-7-9-15)11-27-12-23(30)10-14(2)32-22-24(23,31)34-20-17(26-4)18(28)16(25-3)19(29)21(20)33-22/h5-9,13-14,16-22,25-31H,10-12H2,1-4H3. The molecular weight excluding hydrogens is 442 g/mol.